The van der Waals surface area contributed by atoms with Gasteiger partial charge < -0.3 is 15.4 Å². The molecule has 1 aromatic heterocycles. The Morgan fingerprint density at radius 3 is 2.80 bits per heavy atom. The average Bonchev–Trinajstić information content (AvgIpc) is 2.86. The lowest BCUT2D eigenvalue weighted by Crippen LogP contribution is -2.19. The molecular weight excluding hydrogens is 254 g/mol. The molecule has 0 fully saturated rings. The Labute approximate surface area is 118 Å². The average molecular weight is 275 g/mol. The number of benzene rings is 1. The van der Waals surface area contributed by atoms with Gasteiger partial charge in [0.1, 0.15) is 5.75 Å². The van der Waals surface area contributed by atoms with Crippen molar-refractivity contribution in [1.82, 2.24) is 10.1 Å². The van der Waals surface area contributed by atoms with Crippen molar-refractivity contribution < 1.29 is 9.63 Å². The van der Waals surface area contributed by atoms with Crippen LogP contribution in [-0.4, -0.2) is 21.8 Å². The van der Waals surface area contributed by atoms with Crippen LogP contribution < -0.4 is 5.73 Å². The maximum atomic E-state index is 9.46. The minimum atomic E-state index is 0.188. The molecule has 5 heteroatoms. The molecule has 0 saturated carbocycles. The van der Waals surface area contributed by atoms with Gasteiger partial charge in [-0.3, -0.25) is 0 Å². The van der Waals surface area contributed by atoms with Gasteiger partial charge in [-0.25, -0.2) is 0 Å². The van der Waals surface area contributed by atoms with Crippen molar-refractivity contribution in [2.75, 3.05) is 6.54 Å². The number of nitrogens with zero attached hydrogens (tertiary/aromatic N) is 2. The van der Waals surface area contributed by atoms with Gasteiger partial charge in [-0.2, -0.15) is 4.98 Å². The third kappa shape index (κ3) is 3.81. The van der Waals surface area contributed by atoms with Crippen LogP contribution in [0.4, 0.5) is 0 Å². The molecule has 0 radical (unpaired) electrons. The van der Waals surface area contributed by atoms with Crippen molar-refractivity contribution in [3.05, 3.63) is 30.2 Å². The van der Waals surface area contributed by atoms with Gasteiger partial charge in [0, 0.05) is 12.0 Å². The molecule has 20 heavy (non-hydrogen) atoms. The zero-order valence-electron chi connectivity index (χ0n) is 11.9. The second kappa shape index (κ2) is 6.52. The molecule has 1 unspecified atom stereocenters. The smallest absolute Gasteiger partial charge is 0.227 e. The Balaban J connectivity index is 2.09. The summed E-state index contributed by atoms with van der Waals surface area (Å²) in [6, 6.07) is 6.81. The van der Waals surface area contributed by atoms with Crippen LogP contribution in [0.2, 0.25) is 0 Å². The number of hydrogen-bond acceptors (Lipinski definition) is 5. The van der Waals surface area contributed by atoms with Crippen LogP contribution in [0.5, 0.6) is 5.75 Å². The van der Waals surface area contributed by atoms with Crippen LogP contribution in [0.3, 0.4) is 0 Å². The standard InChI is InChI=1S/C15H21N3O2/c1-10(2)6-11(9-16)7-14-17-15(18-20-14)12-4-3-5-13(19)8-12/h3-5,8,10-11,19H,6-7,9,16H2,1-2H3. The number of hydrogen-bond donors (Lipinski definition) is 2. The highest BCUT2D eigenvalue weighted by Gasteiger charge is 2.15. The number of nitrogens with two attached hydrogens (primary N) is 1. The van der Waals surface area contributed by atoms with Crippen molar-refractivity contribution in [3.8, 4) is 17.1 Å². The van der Waals surface area contributed by atoms with Crippen molar-refractivity contribution in [2.24, 2.45) is 17.6 Å². The van der Waals surface area contributed by atoms with Crippen LogP contribution in [0.25, 0.3) is 11.4 Å². The molecule has 0 aliphatic rings. The molecule has 1 aromatic carbocycles. The summed E-state index contributed by atoms with van der Waals surface area (Å²) in [4.78, 5) is 4.37. The lowest BCUT2D eigenvalue weighted by atomic mass is 9.94. The summed E-state index contributed by atoms with van der Waals surface area (Å²) in [7, 11) is 0. The first kappa shape index (κ1) is 14.5. The Bertz CT molecular complexity index is 552. The van der Waals surface area contributed by atoms with Gasteiger partial charge in [-0.1, -0.05) is 31.1 Å². The van der Waals surface area contributed by atoms with Gasteiger partial charge in [0.05, 0.1) is 0 Å². The van der Waals surface area contributed by atoms with E-state index in [1.807, 2.05) is 6.07 Å². The molecule has 0 amide bonds. The highest BCUT2D eigenvalue weighted by molar-refractivity contribution is 5.56. The Hall–Kier alpha value is -1.88. The lowest BCUT2D eigenvalue weighted by Gasteiger charge is -2.14. The maximum absolute atomic E-state index is 9.46. The minimum absolute atomic E-state index is 0.188. The minimum Gasteiger partial charge on any atom is -0.508 e. The molecule has 1 heterocycles. The van der Waals surface area contributed by atoms with E-state index >= 15 is 0 Å². The fourth-order valence-electron chi connectivity index (χ4n) is 2.28. The molecule has 2 aromatic rings. The van der Waals surface area contributed by atoms with Crippen LogP contribution in [0.1, 0.15) is 26.2 Å². The molecule has 2 rings (SSSR count). The second-order valence-corrected chi connectivity index (χ2v) is 5.50. The zero-order valence-corrected chi connectivity index (χ0v) is 11.9. The van der Waals surface area contributed by atoms with Gasteiger partial charge in [0.2, 0.25) is 11.7 Å². The molecule has 1 atom stereocenters. The summed E-state index contributed by atoms with van der Waals surface area (Å²) < 4.78 is 5.27. The summed E-state index contributed by atoms with van der Waals surface area (Å²) in [6.45, 7) is 4.96. The predicted octanol–water partition coefficient (Wildman–Crippen LogP) is 2.61. The quantitative estimate of drug-likeness (QED) is 0.846. The van der Waals surface area contributed by atoms with Crippen LogP contribution >= 0.6 is 0 Å². The van der Waals surface area contributed by atoms with E-state index < -0.39 is 0 Å². The van der Waals surface area contributed by atoms with E-state index in [2.05, 4.69) is 24.0 Å². The SMILES string of the molecule is CC(C)CC(CN)Cc1nc(-c2cccc(O)c2)no1. The summed E-state index contributed by atoms with van der Waals surface area (Å²) in [5.74, 6) is 2.23. The molecule has 108 valence electrons. The summed E-state index contributed by atoms with van der Waals surface area (Å²) in [5, 5.41) is 13.4. The van der Waals surface area contributed by atoms with Crippen LogP contribution in [0.15, 0.2) is 28.8 Å². The van der Waals surface area contributed by atoms with E-state index in [1.54, 1.807) is 18.2 Å². The lowest BCUT2D eigenvalue weighted by molar-refractivity contribution is 0.332. The molecule has 0 saturated heterocycles. The maximum Gasteiger partial charge on any atom is 0.227 e. The molecular formula is C15H21N3O2. The number of rotatable bonds is 6. The van der Waals surface area contributed by atoms with Gasteiger partial charge in [0.15, 0.2) is 0 Å². The molecule has 0 aliphatic carbocycles. The van der Waals surface area contributed by atoms with Gasteiger partial charge in [-0.05, 0) is 36.9 Å². The number of phenolic OH excluding ortho intramolecular Hbond substituents is 1. The molecule has 0 aliphatic heterocycles. The third-order valence-corrected chi connectivity index (χ3v) is 3.17. The molecule has 3 N–H and O–H groups in total. The largest absolute Gasteiger partial charge is 0.508 e. The van der Waals surface area contributed by atoms with Crippen LogP contribution in [-0.2, 0) is 6.42 Å². The zero-order chi connectivity index (χ0) is 14.5. The third-order valence-electron chi connectivity index (χ3n) is 3.17. The predicted molar refractivity (Wildman–Crippen MR) is 77.1 cm³/mol. The number of phenols is 1. The van der Waals surface area contributed by atoms with E-state index in [0.717, 1.165) is 12.0 Å². The van der Waals surface area contributed by atoms with Gasteiger partial charge >= 0.3 is 0 Å². The van der Waals surface area contributed by atoms with E-state index in [1.165, 1.54) is 0 Å². The second-order valence-electron chi connectivity index (χ2n) is 5.50. The van der Waals surface area contributed by atoms with Gasteiger partial charge in [-0.15, -0.1) is 0 Å². The van der Waals surface area contributed by atoms with Crippen molar-refractivity contribution >= 4 is 0 Å². The first-order valence-corrected chi connectivity index (χ1v) is 6.90. The summed E-state index contributed by atoms with van der Waals surface area (Å²) in [6.07, 6.45) is 1.74. The molecule has 5 nitrogen and oxygen atoms in total. The first-order chi connectivity index (χ1) is 9.58. The summed E-state index contributed by atoms with van der Waals surface area (Å²) >= 11 is 0. The fourth-order valence-corrected chi connectivity index (χ4v) is 2.28. The molecule has 0 bridgehead atoms. The normalized spacial score (nSPS) is 12.8. The van der Waals surface area contributed by atoms with Crippen molar-refractivity contribution in [1.29, 1.82) is 0 Å². The number of aromatic hydroxyl groups is 1. The Morgan fingerprint density at radius 1 is 1.35 bits per heavy atom. The first-order valence-electron chi connectivity index (χ1n) is 6.90. The topological polar surface area (TPSA) is 85.2 Å². The monoisotopic (exact) mass is 275 g/mol. The number of aromatic nitrogens is 2. The van der Waals surface area contributed by atoms with E-state index in [0.29, 0.717) is 36.5 Å². The Morgan fingerprint density at radius 2 is 2.15 bits per heavy atom. The molecule has 0 spiro atoms. The van der Waals surface area contributed by atoms with Crippen LogP contribution in [0, 0.1) is 11.8 Å². The van der Waals surface area contributed by atoms with Crippen molar-refractivity contribution in [3.63, 3.8) is 0 Å². The van der Waals surface area contributed by atoms with E-state index in [-0.39, 0.29) is 5.75 Å². The highest BCUT2D eigenvalue weighted by Crippen LogP contribution is 2.22. The fraction of sp³-hybridized carbons (Fsp3) is 0.467. The van der Waals surface area contributed by atoms with Crippen molar-refractivity contribution in [2.45, 2.75) is 26.7 Å². The highest BCUT2D eigenvalue weighted by atomic mass is 16.5. The van der Waals surface area contributed by atoms with E-state index in [4.69, 9.17) is 10.3 Å². The van der Waals surface area contributed by atoms with Gasteiger partial charge in [0.25, 0.3) is 0 Å². The Kier molecular flexibility index (Phi) is 4.74. The van der Waals surface area contributed by atoms with E-state index in [9.17, 15) is 5.11 Å². The summed E-state index contributed by atoms with van der Waals surface area (Å²) in [5.41, 5.74) is 6.53.